The maximum absolute atomic E-state index is 12.2. The van der Waals surface area contributed by atoms with Crippen LogP contribution in [0.15, 0.2) is 18.2 Å². The molecule has 0 spiro atoms. The van der Waals surface area contributed by atoms with Crippen LogP contribution in [-0.4, -0.2) is 31.2 Å². The molecule has 21 heavy (non-hydrogen) atoms. The Morgan fingerprint density at radius 1 is 1.38 bits per heavy atom. The van der Waals surface area contributed by atoms with Crippen molar-refractivity contribution in [2.45, 2.75) is 40.2 Å². The summed E-state index contributed by atoms with van der Waals surface area (Å²) in [5.74, 6) is 0.378. The number of halogens is 1. The average molecular weight is 314 g/mol. The number of carbonyl (C=O) groups is 1. The van der Waals surface area contributed by atoms with Crippen LogP contribution in [0.4, 0.5) is 5.69 Å². The number of aryl methyl sites for hydroxylation is 1. The summed E-state index contributed by atoms with van der Waals surface area (Å²) >= 11 is 5.74. The van der Waals surface area contributed by atoms with Gasteiger partial charge in [0, 0.05) is 0 Å². The van der Waals surface area contributed by atoms with E-state index in [9.17, 15) is 4.79 Å². The Hall–Kier alpha value is -1.26. The van der Waals surface area contributed by atoms with Gasteiger partial charge in [0.25, 0.3) is 0 Å². The van der Waals surface area contributed by atoms with E-state index in [0.717, 1.165) is 17.7 Å². The molecule has 0 aliphatic carbocycles. The molecule has 0 bridgehead atoms. The second-order valence-corrected chi connectivity index (χ2v) is 5.09. The molecule has 4 nitrogen and oxygen atoms in total. The zero-order valence-corrected chi connectivity index (χ0v) is 13.9. The number of rotatable bonds is 8. The molecule has 0 aromatic heterocycles. The third-order valence-electron chi connectivity index (χ3n) is 3.25. The van der Waals surface area contributed by atoms with Crippen molar-refractivity contribution in [3.8, 4) is 5.75 Å². The fourth-order valence-corrected chi connectivity index (χ4v) is 2.05. The summed E-state index contributed by atoms with van der Waals surface area (Å²) in [4.78, 5) is 13.7. The van der Waals surface area contributed by atoms with Crippen molar-refractivity contribution in [2.24, 2.45) is 0 Å². The van der Waals surface area contributed by atoms with Crippen molar-refractivity contribution in [1.82, 2.24) is 0 Å². The SMILES string of the molecule is CCOc1cccc(C)c1N(COC(C)CC)C(=O)CCl. The van der Waals surface area contributed by atoms with Crippen molar-refractivity contribution in [3.63, 3.8) is 0 Å². The lowest BCUT2D eigenvalue weighted by atomic mass is 10.1. The number of nitrogens with zero attached hydrogens (tertiary/aromatic N) is 1. The predicted molar refractivity (Wildman–Crippen MR) is 86.3 cm³/mol. The summed E-state index contributed by atoms with van der Waals surface area (Å²) in [5, 5.41) is 0. The molecule has 1 amide bonds. The van der Waals surface area contributed by atoms with E-state index in [2.05, 4.69) is 0 Å². The second kappa shape index (κ2) is 8.90. The molecule has 0 saturated heterocycles. The minimum atomic E-state index is -0.199. The molecule has 0 fully saturated rings. The Morgan fingerprint density at radius 2 is 2.10 bits per heavy atom. The van der Waals surface area contributed by atoms with E-state index in [4.69, 9.17) is 21.1 Å². The molecule has 1 rings (SSSR count). The van der Waals surface area contributed by atoms with Gasteiger partial charge in [0.15, 0.2) is 0 Å². The Balaban J connectivity index is 3.10. The van der Waals surface area contributed by atoms with Crippen LogP contribution in [0.3, 0.4) is 0 Å². The molecule has 0 N–H and O–H groups in total. The van der Waals surface area contributed by atoms with E-state index in [-0.39, 0.29) is 24.6 Å². The fourth-order valence-electron chi connectivity index (χ4n) is 1.90. The molecule has 0 saturated carbocycles. The van der Waals surface area contributed by atoms with Crippen LogP contribution in [0.5, 0.6) is 5.75 Å². The summed E-state index contributed by atoms with van der Waals surface area (Å²) in [6, 6.07) is 5.70. The highest BCUT2D eigenvalue weighted by molar-refractivity contribution is 6.29. The molecule has 1 unspecified atom stereocenters. The van der Waals surface area contributed by atoms with Crippen LogP contribution in [0.1, 0.15) is 32.8 Å². The van der Waals surface area contributed by atoms with Gasteiger partial charge >= 0.3 is 0 Å². The Bertz CT molecular complexity index is 465. The standard InChI is InChI=1S/C16H24ClNO3/c1-5-13(4)21-11-18(15(19)10-17)16-12(3)8-7-9-14(16)20-6-2/h7-9,13H,5-6,10-11H2,1-4H3. The first kappa shape index (κ1) is 17.8. The first-order valence-electron chi connectivity index (χ1n) is 7.25. The highest BCUT2D eigenvalue weighted by Gasteiger charge is 2.21. The number of alkyl halides is 1. The van der Waals surface area contributed by atoms with Gasteiger partial charge in [0.05, 0.1) is 18.4 Å². The number of ether oxygens (including phenoxy) is 2. The maximum Gasteiger partial charge on any atom is 0.243 e. The molecule has 1 aromatic carbocycles. The fraction of sp³-hybridized carbons (Fsp3) is 0.562. The van der Waals surface area contributed by atoms with E-state index in [1.165, 1.54) is 0 Å². The molecule has 0 radical (unpaired) electrons. The van der Waals surface area contributed by atoms with Crippen LogP contribution >= 0.6 is 11.6 Å². The topological polar surface area (TPSA) is 38.8 Å². The molecule has 1 aromatic rings. The summed E-state index contributed by atoms with van der Waals surface area (Å²) in [6.07, 6.45) is 0.963. The quantitative estimate of drug-likeness (QED) is 0.542. The molecular formula is C16H24ClNO3. The van der Waals surface area contributed by atoms with Gasteiger partial charge < -0.3 is 9.47 Å². The van der Waals surface area contributed by atoms with Gasteiger partial charge in [0.1, 0.15) is 18.4 Å². The molecule has 0 heterocycles. The smallest absolute Gasteiger partial charge is 0.243 e. The van der Waals surface area contributed by atoms with E-state index >= 15 is 0 Å². The van der Waals surface area contributed by atoms with E-state index in [1.807, 2.05) is 45.9 Å². The van der Waals surface area contributed by atoms with Crippen LogP contribution < -0.4 is 9.64 Å². The minimum absolute atomic E-state index is 0.0789. The third-order valence-corrected chi connectivity index (χ3v) is 3.48. The minimum Gasteiger partial charge on any atom is -0.492 e. The molecule has 0 aliphatic rings. The zero-order chi connectivity index (χ0) is 15.8. The van der Waals surface area contributed by atoms with Crippen molar-refractivity contribution >= 4 is 23.2 Å². The largest absolute Gasteiger partial charge is 0.492 e. The Morgan fingerprint density at radius 3 is 2.67 bits per heavy atom. The molecule has 0 aliphatic heterocycles. The molecule has 1 atom stereocenters. The lowest BCUT2D eigenvalue weighted by Gasteiger charge is -2.27. The van der Waals surface area contributed by atoms with Crippen LogP contribution in [-0.2, 0) is 9.53 Å². The van der Waals surface area contributed by atoms with Crippen LogP contribution in [0.2, 0.25) is 0 Å². The summed E-state index contributed by atoms with van der Waals surface area (Å²) in [7, 11) is 0. The lowest BCUT2D eigenvalue weighted by Crippen LogP contribution is -2.36. The summed E-state index contributed by atoms with van der Waals surface area (Å²) in [5.41, 5.74) is 1.68. The monoisotopic (exact) mass is 313 g/mol. The van der Waals surface area contributed by atoms with Crippen molar-refractivity contribution in [3.05, 3.63) is 23.8 Å². The molecular weight excluding hydrogens is 290 g/mol. The third kappa shape index (κ3) is 4.90. The van der Waals surface area contributed by atoms with Gasteiger partial charge in [-0.2, -0.15) is 0 Å². The number of hydrogen-bond donors (Lipinski definition) is 0. The van der Waals surface area contributed by atoms with Gasteiger partial charge in [0.2, 0.25) is 5.91 Å². The van der Waals surface area contributed by atoms with Crippen molar-refractivity contribution in [1.29, 1.82) is 0 Å². The summed E-state index contributed by atoms with van der Waals surface area (Å²) in [6.45, 7) is 8.57. The van der Waals surface area contributed by atoms with Gasteiger partial charge in [-0.15, -0.1) is 11.6 Å². The highest BCUT2D eigenvalue weighted by Crippen LogP contribution is 2.32. The second-order valence-electron chi connectivity index (χ2n) is 4.82. The lowest BCUT2D eigenvalue weighted by molar-refractivity contribution is -0.117. The number of benzene rings is 1. The summed E-state index contributed by atoms with van der Waals surface area (Å²) < 4.78 is 11.3. The first-order chi connectivity index (χ1) is 10.0. The number of carbonyl (C=O) groups excluding carboxylic acids is 1. The predicted octanol–water partition coefficient (Wildman–Crippen LogP) is 3.74. The number of amides is 1. The van der Waals surface area contributed by atoms with Crippen LogP contribution in [0, 0.1) is 6.92 Å². The first-order valence-corrected chi connectivity index (χ1v) is 7.78. The number of para-hydroxylation sites is 1. The van der Waals surface area contributed by atoms with Gasteiger partial charge in [-0.3, -0.25) is 9.69 Å². The zero-order valence-electron chi connectivity index (χ0n) is 13.2. The molecule has 5 heteroatoms. The van der Waals surface area contributed by atoms with Gasteiger partial charge in [-0.05, 0) is 38.8 Å². The van der Waals surface area contributed by atoms with E-state index in [0.29, 0.717) is 12.4 Å². The van der Waals surface area contributed by atoms with Gasteiger partial charge in [-0.25, -0.2) is 0 Å². The van der Waals surface area contributed by atoms with E-state index < -0.39 is 0 Å². The van der Waals surface area contributed by atoms with E-state index in [1.54, 1.807) is 4.90 Å². The molecule has 118 valence electrons. The van der Waals surface area contributed by atoms with Crippen LogP contribution in [0.25, 0.3) is 0 Å². The van der Waals surface area contributed by atoms with Crippen molar-refractivity contribution in [2.75, 3.05) is 24.1 Å². The average Bonchev–Trinajstić information content (AvgIpc) is 2.49. The number of anilines is 1. The Kier molecular flexibility index (Phi) is 7.54. The van der Waals surface area contributed by atoms with Crippen molar-refractivity contribution < 1.29 is 14.3 Å². The maximum atomic E-state index is 12.2. The normalized spacial score (nSPS) is 12.0. The highest BCUT2D eigenvalue weighted by atomic mass is 35.5. The van der Waals surface area contributed by atoms with Gasteiger partial charge in [-0.1, -0.05) is 19.1 Å². The number of hydrogen-bond acceptors (Lipinski definition) is 3. The Labute approximate surface area is 132 Å².